The molecule has 0 saturated carbocycles. The normalized spacial score (nSPS) is 10.5. The van der Waals surface area contributed by atoms with Gasteiger partial charge in [-0.3, -0.25) is 4.98 Å². The van der Waals surface area contributed by atoms with Gasteiger partial charge < -0.3 is 16.8 Å². The zero-order chi connectivity index (χ0) is 14.0. The highest BCUT2D eigenvalue weighted by Gasteiger charge is 2.14. The number of halogens is 2. The van der Waals surface area contributed by atoms with Crippen molar-refractivity contribution in [2.75, 3.05) is 16.8 Å². The van der Waals surface area contributed by atoms with Crippen LogP contribution in [-0.2, 0) is 6.54 Å². The molecule has 0 aliphatic heterocycles. The van der Waals surface area contributed by atoms with Crippen LogP contribution < -0.4 is 16.8 Å². The zero-order valence-corrected chi connectivity index (χ0v) is 11.1. The highest BCUT2D eigenvalue weighted by Crippen LogP contribution is 2.33. The summed E-state index contributed by atoms with van der Waals surface area (Å²) in [6, 6.07) is 3.29. The summed E-state index contributed by atoms with van der Waals surface area (Å²) in [5.41, 5.74) is 13.8. The van der Waals surface area contributed by atoms with Crippen molar-refractivity contribution in [1.82, 2.24) is 4.98 Å². The molecule has 1 heterocycles. The Balaban J connectivity index is 2.26. The topological polar surface area (TPSA) is 77.0 Å². The molecule has 1 aromatic carbocycles. The van der Waals surface area contributed by atoms with Gasteiger partial charge in [-0.25, -0.2) is 4.39 Å². The van der Waals surface area contributed by atoms with Crippen molar-refractivity contribution in [3.63, 3.8) is 0 Å². The average molecular weight is 281 g/mol. The number of nitrogens with two attached hydrogens (primary N) is 2. The molecule has 2 aromatic rings. The van der Waals surface area contributed by atoms with E-state index in [1.165, 1.54) is 6.07 Å². The third-order valence-corrected chi connectivity index (χ3v) is 3.24. The summed E-state index contributed by atoms with van der Waals surface area (Å²) >= 11 is 5.76. The Kier molecular flexibility index (Phi) is 3.76. The van der Waals surface area contributed by atoms with E-state index >= 15 is 0 Å². The molecule has 4 nitrogen and oxygen atoms in total. The second-order valence-electron chi connectivity index (χ2n) is 4.21. The van der Waals surface area contributed by atoms with E-state index in [0.29, 0.717) is 6.54 Å². The number of rotatable bonds is 3. The van der Waals surface area contributed by atoms with Crippen LogP contribution in [0, 0.1) is 12.7 Å². The molecule has 0 amide bonds. The molecule has 2 rings (SSSR count). The number of aromatic nitrogens is 1. The number of benzene rings is 1. The first-order valence-corrected chi connectivity index (χ1v) is 6.04. The van der Waals surface area contributed by atoms with Gasteiger partial charge >= 0.3 is 0 Å². The lowest BCUT2D eigenvalue weighted by atomic mass is 10.1. The second kappa shape index (κ2) is 5.32. The first-order chi connectivity index (χ1) is 9.00. The van der Waals surface area contributed by atoms with Gasteiger partial charge in [0.15, 0.2) is 5.82 Å². The fourth-order valence-electron chi connectivity index (χ4n) is 1.73. The van der Waals surface area contributed by atoms with Gasteiger partial charge in [0, 0.05) is 18.9 Å². The van der Waals surface area contributed by atoms with Crippen molar-refractivity contribution < 1.29 is 4.39 Å². The summed E-state index contributed by atoms with van der Waals surface area (Å²) in [7, 11) is 0. The number of nitrogens with one attached hydrogen (secondary N) is 1. The first-order valence-electron chi connectivity index (χ1n) is 5.67. The van der Waals surface area contributed by atoms with E-state index in [4.69, 9.17) is 23.1 Å². The summed E-state index contributed by atoms with van der Waals surface area (Å²) < 4.78 is 14.0. The van der Waals surface area contributed by atoms with E-state index in [1.54, 1.807) is 12.4 Å². The average Bonchev–Trinajstić information content (AvgIpc) is 2.38. The maximum atomic E-state index is 14.0. The van der Waals surface area contributed by atoms with E-state index in [2.05, 4.69) is 10.3 Å². The smallest absolute Gasteiger partial charge is 0.169 e. The number of nitrogens with zero attached hydrogens (tertiary/aromatic N) is 1. The van der Waals surface area contributed by atoms with Crippen molar-refractivity contribution in [2.24, 2.45) is 0 Å². The molecule has 19 heavy (non-hydrogen) atoms. The summed E-state index contributed by atoms with van der Waals surface area (Å²) in [6.07, 6.45) is 3.42. The van der Waals surface area contributed by atoms with Gasteiger partial charge in [0.2, 0.25) is 0 Å². The molecule has 1 aromatic heterocycles. The van der Waals surface area contributed by atoms with Crippen LogP contribution in [0.4, 0.5) is 21.5 Å². The van der Waals surface area contributed by atoms with Gasteiger partial charge in [0.25, 0.3) is 0 Å². The van der Waals surface area contributed by atoms with E-state index in [0.717, 1.165) is 11.1 Å². The number of pyridine rings is 1. The monoisotopic (exact) mass is 280 g/mol. The van der Waals surface area contributed by atoms with Crippen LogP contribution in [0.5, 0.6) is 0 Å². The Bertz CT molecular complexity index is 616. The Morgan fingerprint density at radius 1 is 1.37 bits per heavy atom. The minimum Gasteiger partial charge on any atom is -0.397 e. The summed E-state index contributed by atoms with van der Waals surface area (Å²) in [5.74, 6) is -0.633. The molecule has 0 unspecified atom stereocenters. The van der Waals surface area contributed by atoms with Crippen molar-refractivity contribution in [3.05, 3.63) is 46.5 Å². The van der Waals surface area contributed by atoms with Gasteiger partial charge in [-0.05, 0) is 30.2 Å². The molecule has 0 aliphatic carbocycles. The van der Waals surface area contributed by atoms with Crippen LogP contribution in [0.1, 0.15) is 11.1 Å². The number of nitrogen functional groups attached to an aromatic ring is 2. The molecule has 0 fully saturated rings. The maximum Gasteiger partial charge on any atom is 0.169 e. The van der Waals surface area contributed by atoms with Crippen molar-refractivity contribution in [2.45, 2.75) is 13.5 Å². The van der Waals surface area contributed by atoms with Crippen LogP contribution in [0.25, 0.3) is 0 Å². The molecule has 0 saturated heterocycles. The van der Waals surface area contributed by atoms with Crippen LogP contribution >= 0.6 is 11.6 Å². The lowest BCUT2D eigenvalue weighted by molar-refractivity contribution is 0.632. The Morgan fingerprint density at radius 2 is 2.11 bits per heavy atom. The van der Waals surface area contributed by atoms with Gasteiger partial charge in [-0.15, -0.1) is 0 Å². The van der Waals surface area contributed by atoms with Crippen LogP contribution in [-0.4, -0.2) is 4.98 Å². The Labute approximate surface area is 115 Å². The summed E-state index contributed by atoms with van der Waals surface area (Å²) in [5, 5.41) is 2.82. The highest BCUT2D eigenvalue weighted by atomic mass is 35.5. The van der Waals surface area contributed by atoms with E-state index in [-0.39, 0.29) is 22.1 Å². The molecule has 0 spiro atoms. The molecule has 0 bridgehead atoms. The predicted molar refractivity (Wildman–Crippen MR) is 76.5 cm³/mol. The molecule has 0 radical (unpaired) electrons. The SMILES string of the molecule is Cc1cnccc1CNc1c(N)cc(N)c(Cl)c1F. The molecule has 0 atom stereocenters. The van der Waals surface area contributed by atoms with Crippen LogP contribution in [0.15, 0.2) is 24.5 Å². The molecule has 6 heteroatoms. The quantitative estimate of drug-likeness (QED) is 0.756. The minimum atomic E-state index is -0.633. The van der Waals surface area contributed by atoms with Gasteiger partial charge in [0.1, 0.15) is 5.02 Å². The van der Waals surface area contributed by atoms with E-state index in [1.807, 2.05) is 13.0 Å². The number of hydrogen-bond donors (Lipinski definition) is 3. The minimum absolute atomic E-state index is 0.122. The molecular formula is C13H14ClFN4. The Hall–Kier alpha value is -2.01. The third-order valence-electron chi connectivity index (χ3n) is 2.86. The predicted octanol–water partition coefficient (Wildman–Crippen LogP) is 2.96. The summed E-state index contributed by atoms with van der Waals surface area (Å²) in [4.78, 5) is 4.00. The second-order valence-corrected chi connectivity index (χ2v) is 4.59. The molecule has 5 N–H and O–H groups in total. The fraction of sp³-hybridized carbons (Fsp3) is 0.154. The molecule has 0 aliphatic rings. The molecular weight excluding hydrogens is 267 g/mol. The number of aryl methyl sites for hydroxylation is 1. The Morgan fingerprint density at radius 3 is 2.79 bits per heavy atom. The number of hydrogen-bond acceptors (Lipinski definition) is 4. The summed E-state index contributed by atoms with van der Waals surface area (Å²) in [6.45, 7) is 2.36. The first kappa shape index (κ1) is 13.4. The maximum absolute atomic E-state index is 14.0. The number of anilines is 3. The van der Waals surface area contributed by atoms with Crippen molar-refractivity contribution >= 4 is 28.7 Å². The van der Waals surface area contributed by atoms with Gasteiger partial charge in [-0.1, -0.05) is 11.6 Å². The standard InChI is InChI=1S/C13H14ClFN4/c1-7-5-18-3-2-8(7)6-19-13-10(17)4-9(16)11(14)12(13)15/h2-5,19H,6,16-17H2,1H3. The van der Waals surface area contributed by atoms with Gasteiger partial charge in [-0.2, -0.15) is 0 Å². The van der Waals surface area contributed by atoms with Crippen LogP contribution in [0.3, 0.4) is 0 Å². The molecule has 100 valence electrons. The van der Waals surface area contributed by atoms with Gasteiger partial charge in [0.05, 0.1) is 17.1 Å². The lowest BCUT2D eigenvalue weighted by Crippen LogP contribution is -2.07. The fourth-order valence-corrected chi connectivity index (χ4v) is 1.88. The van der Waals surface area contributed by atoms with E-state index in [9.17, 15) is 4.39 Å². The third kappa shape index (κ3) is 2.71. The lowest BCUT2D eigenvalue weighted by Gasteiger charge is -2.13. The van der Waals surface area contributed by atoms with Crippen molar-refractivity contribution in [1.29, 1.82) is 0 Å². The zero-order valence-electron chi connectivity index (χ0n) is 10.4. The van der Waals surface area contributed by atoms with Crippen LogP contribution in [0.2, 0.25) is 5.02 Å². The highest BCUT2D eigenvalue weighted by molar-refractivity contribution is 6.33. The van der Waals surface area contributed by atoms with Crippen molar-refractivity contribution in [3.8, 4) is 0 Å². The largest absolute Gasteiger partial charge is 0.397 e. The van der Waals surface area contributed by atoms with E-state index < -0.39 is 5.82 Å².